The third-order valence-corrected chi connectivity index (χ3v) is 4.36. The molecule has 1 heterocycles. The Labute approximate surface area is 131 Å². The van der Waals surface area contributed by atoms with Crippen LogP contribution in [0.5, 0.6) is 0 Å². The van der Waals surface area contributed by atoms with Crippen LogP contribution in [0.25, 0.3) is 0 Å². The molecule has 1 aromatic carbocycles. The number of piperazine rings is 1. The van der Waals surface area contributed by atoms with Crippen molar-refractivity contribution in [1.82, 2.24) is 9.80 Å². The maximum absolute atomic E-state index is 12.4. The van der Waals surface area contributed by atoms with Crippen molar-refractivity contribution in [1.29, 1.82) is 0 Å². The van der Waals surface area contributed by atoms with Crippen LogP contribution in [-0.4, -0.2) is 53.8 Å². The van der Waals surface area contributed by atoms with Crippen molar-refractivity contribution in [2.75, 3.05) is 31.5 Å². The molecule has 1 aromatic rings. The number of anilines is 1. The number of nitrogens with zero attached hydrogens (tertiary/aromatic N) is 2. The van der Waals surface area contributed by atoms with Crippen molar-refractivity contribution >= 4 is 17.5 Å². The molecule has 5 heteroatoms. The molecule has 118 valence electrons. The van der Waals surface area contributed by atoms with E-state index in [0.29, 0.717) is 6.42 Å². The molecular weight excluding hydrogens is 278 g/mol. The van der Waals surface area contributed by atoms with E-state index in [-0.39, 0.29) is 11.8 Å². The van der Waals surface area contributed by atoms with Gasteiger partial charge >= 0.3 is 0 Å². The monoisotopic (exact) mass is 301 g/mol. The minimum absolute atomic E-state index is 0.0858. The summed E-state index contributed by atoms with van der Waals surface area (Å²) in [7, 11) is 0. The van der Waals surface area contributed by atoms with Gasteiger partial charge in [0.25, 0.3) is 0 Å². The average molecular weight is 301 g/mol. The van der Waals surface area contributed by atoms with Gasteiger partial charge in [0.1, 0.15) is 0 Å². The first-order valence-corrected chi connectivity index (χ1v) is 8.00. The first-order valence-electron chi connectivity index (χ1n) is 8.00. The molecule has 2 amide bonds. The van der Waals surface area contributed by atoms with Gasteiger partial charge in [0.05, 0.1) is 6.42 Å². The number of carbonyl (C=O) groups is 2. The van der Waals surface area contributed by atoms with E-state index in [1.807, 2.05) is 29.2 Å². The predicted octanol–water partition coefficient (Wildman–Crippen LogP) is 1.49. The van der Waals surface area contributed by atoms with E-state index >= 15 is 0 Å². The Balaban J connectivity index is 1.49. The van der Waals surface area contributed by atoms with Gasteiger partial charge in [0.2, 0.25) is 11.8 Å². The van der Waals surface area contributed by atoms with E-state index in [2.05, 4.69) is 10.2 Å². The Kier molecular flexibility index (Phi) is 4.43. The van der Waals surface area contributed by atoms with Crippen molar-refractivity contribution in [3.8, 4) is 0 Å². The van der Waals surface area contributed by atoms with Crippen molar-refractivity contribution in [2.45, 2.75) is 32.2 Å². The number of benzene rings is 1. The van der Waals surface area contributed by atoms with Gasteiger partial charge < -0.3 is 10.2 Å². The van der Waals surface area contributed by atoms with Gasteiger partial charge in [-0.3, -0.25) is 14.5 Å². The highest BCUT2D eigenvalue weighted by atomic mass is 16.2. The molecule has 0 aromatic heterocycles. The lowest BCUT2D eigenvalue weighted by atomic mass is 10.1. The highest BCUT2D eigenvalue weighted by Gasteiger charge is 2.32. The van der Waals surface area contributed by atoms with Crippen LogP contribution >= 0.6 is 0 Å². The van der Waals surface area contributed by atoms with Gasteiger partial charge in [-0.2, -0.15) is 0 Å². The molecule has 1 aliphatic carbocycles. The highest BCUT2D eigenvalue weighted by Crippen LogP contribution is 2.27. The van der Waals surface area contributed by atoms with E-state index < -0.39 is 0 Å². The van der Waals surface area contributed by atoms with E-state index in [4.69, 9.17) is 0 Å². The van der Waals surface area contributed by atoms with Crippen LogP contribution in [0.3, 0.4) is 0 Å². The van der Waals surface area contributed by atoms with Crippen LogP contribution < -0.4 is 5.32 Å². The number of carbonyl (C=O) groups excluding carboxylic acids is 2. The van der Waals surface area contributed by atoms with Gasteiger partial charge in [-0.05, 0) is 30.5 Å². The topological polar surface area (TPSA) is 52.7 Å². The van der Waals surface area contributed by atoms with Crippen molar-refractivity contribution in [3.05, 3.63) is 29.8 Å². The Morgan fingerprint density at radius 1 is 1.09 bits per heavy atom. The quantitative estimate of drug-likeness (QED) is 0.917. The number of nitrogens with one attached hydrogen (secondary N) is 1. The van der Waals surface area contributed by atoms with E-state index in [9.17, 15) is 9.59 Å². The summed E-state index contributed by atoms with van der Waals surface area (Å²) >= 11 is 0. The molecule has 0 spiro atoms. The fourth-order valence-electron chi connectivity index (χ4n) is 2.97. The largest absolute Gasteiger partial charge is 0.340 e. The third kappa shape index (κ3) is 3.85. The molecule has 0 unspecified atom stereocenters. The van der Waals surface area contributed by atoms with Crippen molar-refractivity contribution in [3.63, 3.8) is 0 Å². The second-order valence-electron chi connectivity index (χ2n) is 6.20. The lowest BCUT2D eigenvalue weighted by Crippen LogP contribution is -2.49. The first-order chi connectivity index (χ1) is 10.6. The van der Waals surface area contributed by atoms with Crippen LogP contribution in [0.4, 0.5) is 5.69 Å². The molecule has 5 nitrogen and oxygen atoms in total. The van der Waals surface area contributed by atoms with Gasteiger partial charge in [-0.15, -0.1) is 0 Å². The molecule has 1 saturated carbocycles. The second kappa shape index (κ2) is 6.48. The molecule has 2 aliphatic rings. The Morgan fingerprint density at radius 2 is 1.73 bits per heavy atom. The Bertz CT molecular complexity index is 544. The summed E-state index contributed by atoms with van der Waals surface area (Å²) in [5.41, 5.74) is 1.76. The normalized spacial score (nSPS) is 19.0. The molecule has 1 aliphatic heterocycles. The van der Waals surface area contributed by atoms with Crippen LogP contribution in [0, 0.1) is 0 Å². The number of hydrogen-bond acceptors (Lipinski definition) is 3. The zero-order chi connectivity index (χ0) is 15.5. The SMILES string of the molecule is CC(=O)Nc1ccc(CC(=O)N2CCN(C3CC3)CC2)cc1. The standard InChI is InChI=1S/C17H23N3O2/c1-13(21)18-15-4-2-14(3-5-15)12-17(22)20-10-8-19(9-11-20)16-6-7-16/h2-5,16H,6-12H2,1H3,(H,18,21). The predicted molar refractivity (Wildman–Crippen MR) is 85.6 cm³/mol. The van der Waals surface area contributed by atoms with Gasteiger partial charge in [-0.25, -0.2) is 0 Å². The van der Waals surface area contributed by atoms with Gasteiger partial charge in [0.15, 0.2) is 0 Å². The lowest BCUT2D eigenvalue weighted by Gasteiger charge is -2.34. The molecule has 22 heavy (non-hydrogen) atoms. The average Bonchev–Trinajstić information content (AvgIpc) is 3.34. The minimum atomic E-state index is -0.0858. The summed E-state index contributed by atoms with van der Waals surface area (Å²) in [5.74, 6) is 0.111. The smallest absolute Gasteiger partial charge is 0.227 e. The molecule has 1 N–H and O–H groups in total. The number of rotatable bonds is 4. The van der Waals surface area contributed by atoms with Gasteiger partial charge in [0, 0.05) is 44.8 Å². The molecule has 0 atom stereocenters. The molecule has 1 saturated heterocycles. The fourth-order valence-corrected chi connectivity index (χ4v) is 2.97. The molecule has 0 bridgehead atoms. The third-order valence-electron chi connectivity index (χ3n) is 4.36. The van der Waals surface area contributed by atoms with E-state index in [1.165, 1.54) is 19.8 Å². The Hall–Kier alpha value is -1.88. The number of hydrogen-bond donors (Lipinski definition) is 1. The van der Waals surface area contributed by atoms with Crippen LogP contribution in [0.15, 0.2) is 24.3 Å². The van der Waals surface area contributed by atoms with E-state index in [1.54, 1.807) is 0 Å². The maximum atomic E-state index is 12.4. The van der Waals surface area contributed by atoms with Crippen LogP contribution in [0.1, 0.15) is 25.3 Å². The van der Waals surface area contributed by atoms with Crippen molar-refractivity contribution < 1.29 is 9.59 Å². The number of amides is 2. The van der Waals surface area contributed by atoms with Gasteiger partial charge in [-0.1, -0.05) is 12.1 Å². The van der Waals surface area contributed by atoms with Crippen molar-refractivity contribution in [2.24, 2.45) is 0 Å². The second-order valence-corrected chi connectivity index (χ2v) is 6.20. The van der Waals surface area contributed by atoms with E-state index in [0.717, 1.165) is 43.5 Å². The summed E-state index contributed by atoms with van der Waals surface area (Å²) in [5, 5.41) is 2.73. The summed E-state index contributed by atoms with van der Waals surface area (Å²) < 4.78 is 0. The summed E-state index contributed by atoms with van der Waals surface area (Å²) in [6.07, 6.45) is 3.09. The molecule has 0 radical (unpaired) electrons. The summed E-state index contributed by atoms with van der Waals surface area (Å²) in [6.45, 7) is 5.20. The fraction of sp³-hybridized carbons (Fsp3) is 0.529. The van der Waals surface area contributed by atoms with Crippen LogP contribution in [0.2, 0.25) is 0 Å². The Morgan fingerprint density at radius 3 is 2.27 bits per heavy atom. The minimum Gasteiger partial charge on any atom is -0.340 e. The summed E-state index contributed by atoms with van der Waals surface area (Å²) in [6, 6.07) is 8.29. The maximum Gasteiger partial charge on any atom is 0.227 e. The molecule has 3 rings (SSSR count). The lowest BCUT2D eigenvalue weighted by molar-refractivity contribution is -0.132. The van der Waals surface area contributed by atoms with Crippen LogP contribution in [-0.2, 0) is 16.0 Å². The molecular formula is C17H23N3O2. The summed E-state index contributed by atoms with van der Waals surface area (Å²) in [4.78, 5) is 27.8. The zero-order valence-corrected chi connectivity index (χ0v) is 13.0. The molecule has 2 fully saturated rings. The zero-order valence-electron chi connectivity index (χ0n) is 13.0. The highest BCUT2D eigenvalue weighted by molar-refractivity contribution is 5.88. The first kappa shape index (κ1) is 15.0.